The number of piperazine rings is 1. The number of fused-ring (bicyclic) bond motifs is 1. The number of sulfonamides is 1. The Kier molecular flexibility index (Phi) is 5.63. The van der Waals surface area contributed by atoms with Crippen molar-refractivity contribution in [1.29, 1.82) is 0 Å². The van der Waals surface area contributed by atoms with Crippen LogP contribution >= 0.6 is 0 Å². The highest BCUT2D eigenvalue weighted by atomic mass is 32.2. The van der Waals surface area contributed by atoms with Crippen LogP contribution in [0.15, 0.2) is 23.1 Å². The monoisotopic (exact) mass is 420 g/mol. The zero-order chi connectivity index (χ0) is 20.6. The third-order valence-corrected chi connectivity index (χ3v) is 8.15. The summed E-state index contributed by atoms with van der Waals surface area (Å²) in [6, 6.07) is 4.72. The van der Waals surface area contributed by atoms with Gasteiger partial charge in [0.25, 0.3) is 0 Å². The molecule has 0 bridgehead atoms. The van der Waals surface area contributed by atoms with E-state index in [-0.39, 0.29) is 11.9 Å². The van der Waals surface area contributed by atoms with Crippen molar-refractivity contribution >= 4 is 22.0 Å². The van der Waals surface area contributed by atoms with Gasteiger partial charge in [0.05, 0.1) is 10.9 Å². The Bertz CT molecular complexity index is 909. The summed E-state index contributed by atoms with van der Waals surface area (Å²) in [7, 11) is -3.54. The van der Waals surface area contributed by atoms with E-state index in [1.165, 1.54) is 14.8 Å². The molecule has 9 heteroatoms. The number of carbonyl (C=O) groups is 2. The quantitative estimate of drug-likeness (QED) is 0.779. The van der Waals surface area contributed by atoms with Gasteiger partial charge in [-0.1, -0.05) is 6.07 Å². The molecule has 4 rings (SSSR count). The Hall–Kier alpha value is -1.97. The topological polar surface area (TPSA) is 90.0 Å². The molecule has 2 saturated heterocycles. The first kappa shape index (κ1) is 20.3. The number of imide groups is 1. The lowest BCUT2D eigenvalue weighted by atomic mass is 9.92. The van der Waals surface area contributed by atoms with E-state index in [4.69, 9.17) is 0 Å². The lowest BCUT2D eigenvalue weighted by Crippen LogP contribution is -2.55. The van der Waals surface area contributed by atoms with Crippen molar-refractivity contribution in [1.82, 2.24) is 19.4 Å². The zero-order valence-corrected chi connectivity index (χ0v) is 17.6. The molecule has 0 spiro atoms. The fraction of sp³-hybridized carbons (Fsp3) is 0.600. The summed E-state index contributed by atoms with van der Waals surface area (Å²) >= 11 is 0. The first-order chi connectivity index (χ1) is 13.9. The van der Waals surface area contributed by atoms with Crippen LogP contribution in [0, 0.1) is 0 Å². The number of benzene rings is 1. The third-order valence-electron chi connectivity index (χ3n) is 6.26. The Morgan fingerprint density at radius 1 is 1.03 bits per heavy atom. The van der Waals surface area contributed by atoms with Crippen molar-refractivity contribution in [2.75, 3.05) is 39.3 Å². The molecule has 3 amide bonds. The second-order valence-electron chi connectivity index (χ2n) is 7.98. The fourth-order valence-corrected chi connectivity index (χ4v) is 5.89. The van der Waals surface area contributed by atoms with E-state index in [1.807, 2.05) is 17.0 Å². The van der Waals surface area contributed by atoms with Crippen LogP contribution in [0.5, 0.6) is 0 Å². The number of nitrogens with one attached hydrogen (secondary N) is 1. The minimum absolute atomic E-state index is 0.231. The van der Waals surface area contributed by atoms with Gasteiger partial charge in [0.2, 0.25) is 15.9 Å². The number of hydrogen-bond acceptors (Lipinski definition) is 5. The van der Waals surface area contributed by atoms with Gasteiger partial charge < -0.3 is 5.32 Å². The van der Waals surface area contributed by atoms with Crippen LogP contribution in [-0.2, 0) is 27.7 Å². The van der Waals surface area contributed by atoms with Gasteiger partial charge in [-0.15, -0.1) is 0 Å². The van der Waals surface area contributed by atoms with Crippen LogP contribution in [0.25, 0.3) is 0 Å². The van der Waals surface area contributed by atoms with E-state index in [1.54, 1.807) is 13.0 Å². The van der Waals surface area contributed by atoms with Crippen LogP contribution in [0.4, 0.5) is 4.79 Å². The van der Waals surface area contributed by atoms with Crippen LogP contribution in [-0.4, -0.2) is 79.8 Å². The molecule has 2 fully saturated rings. The third kappa shape index (κ3) is 3.91. The molecule has 1 aliphatic carbocycles. The summed E-state index contributed by atoms with van der Waals surface area (Å²) in [5, 5.41) is 2.64. The van der Waals surface area contributed by atoms with Crippen molar-refractivity contribution in [2.24, 2.45) is 0 Å². The molecule has 1 atom stereocenters. The molecule has 0 unspecified atom stereocenters. The molecule has 29 heavy (non-hydrogen) atoms. The first-order valence-electron chi connectivity index (χ1n) is 10.3. The molecule has 1 N–H and O–H groups in total. The molecular formula is C20H28N4O4S. The van der Waals surface area contributed by atoms with Gasteiger partial charge in [-0.2, -0.15) is 4.31 Å². The van der Waals surface area contributed by atoms with E-state index in [2.05, 4.69) is 5.32 Å². The van der Waals surface area contributed by atoms with Gasteiger partial charge in [0, 0.05) is 39.3 Å². The summed E-state index contributed by atoms with van der Waals surface area (Å²) in [5.41, 5.74) is 2.41. The maximum absolute atomic E-state index is 13.1. The number of hydrogen-bond donors (Lipinski definition) is 1. The molecule has 158 valence electrons. The van der Waals surface area contributed by atoms with Crippen molar-refractivity contribution in [3.8, 4) is 0 Å². The molecule has 3 aliphatic rings. The number of amides is 3. The van der Waals surface area contributed by atoms with E-state index in [9.17, 15) is 18.0 Å². The molecule has 2 heterocycles. The average Bonchev–Trinajstić information content (AvgIpc) is 3.18. The molecule has 8 nitrogen and oxygen atoms in total. The van der Waals surface area contributed by atoms with Gasteiger partial charge in [-0.3, -0.25) is 14.6 Å². The standard InChI is InChI=1S/C20H28N4O4S/c1-15(19(25)24-9-8-21-20(24)26)22-10-12-23(13-11-22)29(27,28)18-7-6-16-4-2-3-5-17(16)14-18/h6-7,14-15H,2-5,8-13H2,1H3,(H,21,26)/t15-/m0/s1. The van der Waals surface area contributed by atoms with E-state index in [0.717, 1.165) is 31.2 Å². The summed E-state index contributed by atoms with van der Waals surface area (Å²) in [4.78, 5) is 27.9. The maximum atomic E-state index is 13.1. The highest BCUT2D eigenvalue weighted by Crippen LogP contribution is 2.26. The second-order valence-corrected chi connectivity index (χ2v) is 9.91. The van der Waals surface area contributed by atoms with Crippen molar-refractivity contribution in [2.45, 2.75) is 43.5 Å². The summed E-state index contributed by atoms with van der Waals surface area (Å²) < 4.78 is 27.7. The normalized spacial score (nSPS) is 22.2. The Balaban J connectivity index is 1.41. The summed E-state index contributed by atoms with van der Waals surface area (Å²) in [6.45, 7) is 4.24. The zero-order valence-electron chi connectivity index (χ0n) is 16.8. The lowest BCUT2D eigenvalue weighted by Gasteiger charge is -2.37. The number of nitrogens with zero attached hydrogens (tertiary/aromatic N) is 3. The molecule has 0 radical (unpaired) electrons. The molecular weight excluding hydrogens is 392 g/mol. The minimum Gasteiger partial charge on any atom is -0.336 e. The van der Waals surface area contributed by atoms with Crippen LogP contribution < -0.4 is 5.32 Å². The van der Waals surface area contributed by atoms with Crippen molar-refractivity contribution < 1.29 is 18.0 Å². The van der Waals surface area contributed by atoms with Crippen LogP contribution in [0.3, 0.4) is 0 Å². The van der Waals surface area contributed by atoms with Crippen LogP contribution in [0.1, 0.15) is 30.9 Å². The largest absolute Gasteiger partial charge is 0.336 e. The van der Waals surface area contributed by atoms with Crippen LogP contribution in [0.2, 0.25) is 0 Å². The van der Waals surface area contributed by atoms with E-state index in [0.29, 0.717) is 44.2 Å². The van der Waals surface area contributed by atoms with Gasteiger partial charge in [-0.05, 0) is 55.9 Å². The summed E-state index contributed by atoms with van der Waals surface area (Å²) in [6.07, 6.45) is 4.23. The van der Waals surface area contributed by atoms with Gasteiger partial charge >= 0.3 is 6.03 Å². The molecule has 0 aromatic heterocycles. The second kappa shape index (κ2) is 8.04. The van der Waals surface area contributed by atoms with E-state index >= 15 is 0 Å². The van der Waals surface area contributed by atoms with Crippen molar-refractivity contribution in [3.63, 3.8) is 0 Å². The highest BCUT2D eigenvalue weighted by molar-refractivity contribution is 7.89. The Labute approximate surface area is 171 Å². The van der Waals surface area contributed by atoms with Gasteiger partial charge in [0.15, 0.2) is 0 Å². The Morgan fingerprint density at radius 2 is 1.72 bits per heavy atom. The minimum atomic E-state index is -3.54. The fourth-order valence-electron chi connectivity index (χ4n) is 4.41. The van der Waals surface area contributed by atoms with Gasteiger partial charge in [0.1, 0.15) is 0 Å². The predicted octanol–water partition coefficient (Wildman–Crippen LogP) is 0.812. The number of carbonyl (C=O) groups excluding carboxylic acids is 2. The number of rotatable bonds is 4. The first-order valence-corrected chi connectivity index (χ1v) is 11.8. The number of urea groups is 1. The maximum Gasteiger partial charge on any atom is 0.324 e. The Morgan fingerprint density at radius 3 is 2.38 bits per heavy atom. The summed E-state index contributed by atoms with van der Waals surface area (Å²) in [5.74, 6) is -0.231. The van der Waals surface area contributed by atoms with E-state index < -0.39 is 16.1 Å². The van der Waals surface area contributed by atoms with Crippen molar-refractivity contribution in [3.05, 3.63) is 29.3 Å². The molecule has 0 saturated carbocycles. The van der Waals surface area contributed by atoms with Gasteiger partial charge in [-0.25, -0.2) is 13.2 Å². The average molecular weight is 421 g/mol. The smallest absolute Gasteiger partial charge is 0.324 e. The highest BCUT2D eigenvalue weighted by Gasteiger charge is 2.36. The molecule has 1 aromatic rings. The molecule has 1 aromatic carbocycles. The lowest BCUT2D eigenvalue weighted by molar-refractivity contribution is -0.133. The molecule has 2 aliphatic heterocycles. The SMILES string of the molecule is C[C@@H](C(=O)N1CCNC1=O)N1CCN(S(=O)(=O)c2ccc3c(c2)CCCC3)CC1. The predicted molar refractivity (Wildman–Crippen MR) is 108 cm³/mol. The number of aryl methyl sites for hydroxylation is 2.